The predicted molar refractivity (Wildman–Crippen MR) is 81.8 cm³/mol. The Morgan fingerprint density at radius 3 is 2.17 bits per heavy atom. The number of ether oxygens (including phenoxy) is 1. The van der Waals surface area contributed by atoms with Crippen LogP contribution in [0.15, 0.2) is 0 Å². The van der Waals surface area contributed by atoms with Gasteiger partial charge in [0.25, 0.3) is 0 Å². The number of alkyl halides is 5. The number of unbranched alkanes of at least 4 members (excludes halogenated alkanes) is 2. The number of thioether (sulfide) groups is 1. The van der Waals surface area contributed by atoms with E-state index in [9.17, 15) is 26.7 Å². The molecule has 138 valence electrons. The van der Waals surface area contributed by atoms with Gasteiger partial charge in [-0.15, -0.1) is 11.8 Å². The second kappa shape index (κ2) is 10.4. The number of carbonyl (C=O) groups excluding carboxylic acids is 1. The second-order valence-corrected chi connectivity index (χ2v) is 6.97. The Hall–Kier alpha value is -0.530. The van der Waals surface area contributed by atoms with Gasteiger partial charge in [-0.1, -0.05) is 27.2 Å². The zero-order valence-electron chi connectivity index (χ0n) is 13.7. The molecular weight excluding hydrogens is 339 g/mol. The number of carbonyl (C=O) groups is 1. The minimum Gasteiger partial charge on any atom is -0.465 e. The van der Waals surface area contributed by atoms with Crippen molar-refractivity contribution >= 4 is 17.7 Å². The van der Waals surface area contributed by atoms with Crippen molar-refractivity contribution in [3.8, 4) is 0 Å². The molecule has 0 aromatic carbocycles. The van der Waals surface area contributed by atoms with Crippen molar-refractivity contribution in [2.24, 2.45) is 5.92 Å². The fraction of sp³-hybridized carbons (Fsp3) is 0.933. The minimum absolute atomic E-state index is 0.0684. The molecule has 2 nitrogen and oxygen atoms in total. The summed E-state index contributed by atoms with van der Waals surface area (Å²) in [5.41, 5.74) is 0. The number of hydrogen-bond donors (Lipinski definition) is 0. The summed E-state index contributed by atoms with van der Waals surface area (Å²) in [7, 11) is 0. The van der Waals surface area contributed by atoms with Crippen molar-refractivity contribution in [3.63, 3.8) is 0 Å². The lowest BCUT2D eigenvalue weighted by Gasteiger charge is -2.20. The van der Waals surface area contributed by atoms with Crippen LogP contribution in [0.25, 0.3) is 0 Å². The lowest BCUT2D eigenvalue weighted by Crippen LogP contribution is -2.36. The van der Waals surface area contributed by atoms with E-state index in [-0.39, 0.29) is 30.0 Å². The number of esters is 1. The SMILES string of the molecule is CCCOC(=O)C(SCCCCCC(F)(F)C(F)(F)F)C(C)C. The molecule has 23 heavy (non-hydrogen) atoms. The third-order valence-electron chi connectivity index (χ3n) is 3.13. The van der Waals surface area contributed by atoms with Crippen LogP contribution in [0.5, 0.6) is 0 Å². The van der Waals surface area contributed by atoms with Gasteiger partial charge in [0, 0.05) is 6.42 Å². The fourth-order valence-electron chi connectivity index (χ4n) is 1.80. The summed E-state index contributed by atoms with van der Waals surface area (Å²) in [4.78, 5) is 11.8. The molecule has 0 fully saturated rings. The first-order chi connectivity index (χ1) is 10.5. The Morgan fingerprint density at radius 2 is 1.70 bits per heavy atom. The van der Waals surface area contributed by atoms with Gasteiger partial charge in [-0.25, -0.2) is 0 Å². The van der Waals surface area contributed by atoms with Gasteiger partial charge in [0.15, 0.2) is 0 Å². The summed E-state index contributed by atoms with van der Waals surface area (Å²) < 4.78 is 66.5. The van der Waals surface area contributed by atoms with Crippen LogP contribution < -0.4 is 0 Å². The maximum atomic E-state index is 12.7. The molecule has 0 aromatic rings. The minimum atomic E-state index is -5.48. The van der Waals surface area contributed by atoms with E-state index in [0.29, 0.717) is 18.8 Å². The van der Waals surface area contributed by atoms with Gasteiger partial charge in [0.2, 0.25) is 0 Å². The third kappa shape index (κ3) is 8.77. The molecule has 0 aliphatic heterocycles. The summed E-state index contributed by atoms with van der Waals surface area (Å²) >= 11 is 1.37. The van der Waals surface area contributed by atoms with E-state index in [0.717, 1.165) is 6.42 Å². The standard InChI is InChI=1S/C15H25F5O2S/c1-4-9-22-13(21)12(11(2)3)23-10-7-5-6-8-14(16,17)15(18,19)20/h11-12H,4-10H2,1-3H3. The molecule has 0 aliphatic carbocycles. The molecular formula is C15H25F5O2S. The van der Waals surface area contributed by atoms with E-state index in [1.807, 2.05) is 20.8 Å². The highest BCUT2D eigenvalue weighted by Gasteiger charge is 2.56. The third-order valence-corrected chi connectivity index (χ3v) is 4.75. The highest BCUT2D eigenvalue weighted by atomic mass is 32.2. The van der Waals surface area contributed by atoms with Gasteiger partial charge >= 0.3 is 18.1 Å². The fourth-order valence-corrected chi connectivity index (χ4v) is 3.01. The van der Waals surface area contributed by atoms with Crippen molar-refractivity contribution in [2.45, 2.75) is 70.2 Å². The molecule has 0 rings (SSSR count). The van der Waals surface area contributed by atoms with Crippen LogP contribution in [0.3, 0.4) is 0 Å². The first-order valence-corrected chi connectivity index (χ1v) is 8.80. The van der Waals surface area contributed by atoms with Crippen molar-refractivity contribution in [1.82, 2.24) is 0 Å². The molecule has 0 heterocycles. The number of rotatable bonds is 11. The van der Waals surface area contributed by atoms with Crippen LogP contribution in [0.4, 0.5) is 22.0 Å². The molecule has 1 unspecified atom stereocenters. The molecule has 0 N–H and O–H groups in total. The Labute approximate surface area is 138 Å². The van der Waals surface area contributed by atoms with Crippen molar-refractivity contribution < 1.29 is 31.5 Å². The smallest absolute Gasteiger partial charge is 0.453 e. The van der Waals surface area contributed by atoms with Crippen molar-refractivity contribution in [3.05, 3.63) is 0 Å². The molecule has 0 saturated heterocycles. The Morgan fingerprint density at radius 1 is 1.09 bits per heavy atom. The first-order valence-electron chi connectivity index (χ1n) is 7.75. The van der Waals surface area contributed by atoms with Gasteiger partial charge < -0.3 is 4.74 Å². The number of halogens is 5. The van der Waals surface area contributed by atoms with E-state index in [1.54, 1.807) is 0 Å². The van der Waals surface area contributed by atoms with Gasteiger partial charge in [0.1, 0.15) is 5.25 Å². The monoisotopic (exact) mass is 364 g/mol. The summed E-state index contributed by atoms with van der Waals surface area (Å²) in [6, 6.07) is 0. The van der Waals surface area contributed by atoms with E-state index < -0.39 is 18.5 Å². The van der Waals surface area contributed by atoms with Crippen molar-refractivity contribution in [2.75, 3.05) is 12.4 Å². The molecule has 0 saturated carbocycles. The van der Waals surface area contributed by atoms with Gasteiger partial charge in [-0.05, 0) is 30.9 Å². The van der Waals surface area contributed by atoms with Crippen LogP contribution >= 0.6 is 11.8 Å². The van der Waals surface area contributed by atoms with Gasteiger partial charge in [-0.2, -0.15) is 22.0 Å². The largest absolute Gasteiger partial charge is 0.465 e. The van der Waals surface area contributed by atoms with E-state index in [1.165, 1.54) is 11.8 Å². The molecule has 0 amide bonds. The van der Waals surface area contributed by atoms with E-state index in [2.05, 4.69) is 0 Å². The van der Waals surface area contributed by atoms with Crippen LogP contribution in [0, 0.1) is 5.92 Å². The Balaban J connectivity index is 4.02. The average molecular weight is 364 g/mol. The molecule has 0 radical (unpaired) electrons. The summed E-state index contributed by atoms with van der Waals surface area (Å²) in [5.74, 6) is -4.32. The zero-order valence-corrected chi connectivity index (χ0v) is 14.5. The lowest BCUT2D eigenvalue weighted by atomic mass is 10.1. The lowest BCUT2D eigenvalue weighted by molar-refractivity contribution is -0.284. The highest BCUT2D eigenvalue weighted by Crippen LogP contribution is 2.39. The van der Waals surface area contributed by atoms with Crippen LogP contribution in [-0.2, 0) is 9.53 Å². The normalized spacial score (nSPS) is 14.1. The molecule has 0 aliphatic rings. The average Bonchev–Trinajstić information content (AvgIpc) is 2.42. The zero-order chi connectivity index (χ0) is 18.1. The van der Waals surface area contributed by atoms with E-state index >= 15 is 0 Å². The predicted octanol–water partition coefficient (Wildman–Crippen LogP) is 5.46. The Kier molecular flexibility index (Phi) is 10.1. The number of hydrogen-bond acceptors (Lipinski definition) is 3. The van der Waals surface area contributed by atoms with Crippen molar-refractivity contribution in [1.29, 1.82) is 0 Å². The molecule has 8 heteroatoms. The summed E-state index contributed by atoms with van der Waals surface area (Å²) in [6.45, 7) is 6.01. The quantitative estimate of drug-likeness (QED) is 0.277. The second-order valence-electron chi connectivity index (χ2n) is 5.72. The summed E-state index contributed by atoms with van der Waals surface area (Å²) in [5, 5.41) is -0.335. The summed E-state index contributed by atoms with van der Waals surface area (Å²) in [6.07, 6.45) is -5.37. The maximum absolute atomic E-state index is 12.7. The van der Waals surface area contributed by atoms with Crippen LogP contribution in [0.1, 0.15) is 52.9 Å². The molecule has 0 spiro atoms. The molecule has 0 bridgehead atoms. The maximum Gasteiger partial charge on any atom is 0.453 e. The van der Waals surface area contributed by atoms with Crippen LogP contribution in [0.2, 0.25) is 0 Å². The topological polar surface area (TPSA) is 26.3 Å². The molecule has 0 aromatic heterocycles. The van der Waals surface area contributed by atoms with Gasteiger partial charge in [0.05, 0.1) is 6.61 Å². The van der Waals surface area contributed by atoms with Crippen LogP contribution in [-0.4, -0.2) is 35.7 Å². The Bertz CT molecular complexity index is 345. The van der Waals surface area contributed by atoms with E-state index in [4.69, 9.17) is 4.74 Å². The first kappa shape index (κ1) is 22.5. The van der Waals surface area contributed by atoms with Gasteiger partial charge in [-0.3, -0.25) is 4.79 Å². The highest BCUT2D eigenvalue weighted by molar-refractivity contribution is 8.00. The molecule has 1 atom stereocenters.